The van der Waals surface area contributed by atoms with E-state index >= 15 is 0 Å². The second-order valence-corrected chi connectivity index (χ2v) is 7.66. The molecule has 0 N–H and O–H groups in total. The first-order valence-electron chi connectivity index (χ1n) is 9.68. The highest BCUT2D eigenvalue weighted by atomic mass is 35.5. The van der Waals surface area contributed by atoms with Gasteiger partial charge in [-0.15, -0.1) is 0 Å². The van der Waals surface area contributed by atoms with Crippen LogP contribution in [0.15, 0.2) is 47.5 Å². The quantitative estimate of drug-likeness (QED) is 0.595. The average Bonchev–Trinajstić information content (AvgIpc) is 3.03. The third-order valence-corrected chi connectivity index (χ3v) is 5.51. The number of rotatable bonds is 4. The highest BCUT2D eigenvalue weighted by molar-refractivity contribution is 6.30. The first kappa shape index (κ1) is 20.4. The van der Waals surface area contributed by atoms with Crippen molar-refractivity contribution in [1.29, 1.82) is 0 Å². The third kappa shape index (κ3) is 3.66. The molecule has 2 aromatic heterocycles. The Hall–Kier alpha value is -2.90. The van der Waals surface area contributed by atoms with Crippen LogP contribution in [0.3, 0.4) is 0 Å². The number of aryl methyl sites for hydroxylation is 2. The van der Waals surface area contributed by atoms with Crippen LogP contribution in [-0.2, 0) is 28.4 Å². The smallest absolute Gasteiger partial charge is 0.308 e. The topological polar surface area (TPSA) is 75.3 Å². The number of ether oxygens (including phenoxy) is 2. The molecule has 4 rings (SSSR count). The SMILES string of the molecule is CCOC(=O)CC1OC(c2ccc(Cl)cc2)c2c(cnn2C)-c2cn(C)c(=O)cc21. The Morgan fingerprint density at radius 1 is 1.23 bits per heavy atom. The predicted molar refractivity (Wildman–Crippen MR) is 112 cm³/mol. The fraction of sp³-hybridized carbons (Fsp3) is 0.318. The van der Waals surface area contributed by atoms with Gasteiger partial charge in [-0.2, -0.15) is 5.10 Å². The number of halogens is 1. The minimum Gasteiger partial charge on any atom is -0.466 e. The van der Waals surface area contributed by atoms with Crippen LogP contribution < -0.4 is 5.56 Å². The van der Waals surface area contributed by atoms with E-state index in [1.54, 1.807) is 43.2 Å². The largest absolute Gasteiger partial charge is 0.466 e. The molecule has 3 heterocycles. The Kier molecular flexibility index (Phi) is 5.49. The maximum Gasteiger partial charge on any atom is 0.308 e. The van der Waals surface area contributed by atoms with Crippen molar-refractivity contribution in [3.63, 3.8) is 0 Å². The zero-order chi connectivity index (χ0) is 21.4. The highest BCUT2D eigenvalue weighted by Gasteiger charge is 2.34. The molecule has 1 aromatic carbocycles. The molecule has 0 saturated carbocycles. The second kappa shape index (κ2) is 8.08. The van der Waals surface area contributed by atoms with Gasteiger partial charge in [0.05, 0.1) is 31.0 Å². The number of carbonyl (C=O) groups is 1. The summed E-state index contributed by atoms with van der Waals surface area (Å²) in [5.74, 6) is -0.381. The van der Waals surface area contributed by atoms with E-state index in [1.807, 2.05) is 19.2 Å². The summed E-state index contributed by atoms with van der Waals surface area (Å²) >= 11 is 6.08. The van der Waals surface area contributed by atoms with Crippen molar-refractivity contribution in [3.05, 3.63) is 74.9 Å². The van der Waals surface area contributed by atoms with Crippen LogP contribution in [-0.4, -0.2) is 26.9 Å². The number of hydrogen-bond donors (Lipinski definition) is 0. The van der Waals surface area contributed by atoms with Gasteiger partial charge in [0.2, 0.25) is 0 Å². The van der Waals surface area contributed by atoms with E-state index in [4.69, 9.17) is 21.1 Å². The summed E-state index contributed by atoms with van der Waals surface area (Å²) in [5.41, 5.74) is 3.85. The fourth-order valence-electron chi connectivity index (χ4n) is 3.81. The van der Waals surface area contributed by atoms with Crippen LogP contribution in [0.25, 0.3) is 11.1 Å². The van der Waals surface area contributed by atoms with Crippen LogP contribution in [0, 0.1) is 0 Å². The lowest BCUT2D eigenvalue weighted by molar-refractivity contribution is -0.147. The zero-order valence-corrected chi connectivity index (χ0v) is 17.7. The van der Waals surface area contributed by atoms with Gasteiger partial charge in [0.15, 0.2) is 0 Å². The summed E-state index contributed by atoms with van der Waals surface area (Å²) in [4.78, 5) is 24.8. The van der Waals surface area contributed by atoms with E-state index in [0.717, 1.165) is 22.4 Å². The molecule has 156 valence electrons. The zero-order valence-electron chi connectivity index (χ0n) is 17.0. The molecule has 2 unspecified atom stereocenters. The standard InChI is InChI=1S/C22H22ClN3O4/c1-4-29-20(28)10-18-15-9-19(27)25(2)12-17(15)16-11-24-26(3)21(16)22(30-18)13-5-7-14(23)8-6-13/h5-9,11-12,18,22H,4,10H2,1-3H3. The molecule has 30 heavy (non-hydrogen) atoms. The van der Waals surface area contributed by atoms with Gasteiger partial charge in [-0.25, -0.2) is 0 Å². The van der Waals surface area contributed by atoms with Crippen LogP contribution in [0.5, 0.6) is 0 Å². The number of pyridine rings is 1. The maximum absolute atomic E-state index is 12.4. The summed E-state index contributed by atoms with van der Waals surface area (Å²) in [5, 5.41) is 5.05. The summed E-state index contributed by atoms with van der Waals surface area (Å²) in [6.07, 6.45) is 2.37. The Balaban J connectivity index is 1.91. The molecule has 0 saturated heterocycles. The molecule has 0 amide bonds. The number of nitrogens with zero attached hydrogens (tertiary/aromatic N) is 3. The van der Waals surface area contributed by atoms with E-state index in [0.29, 0.717) is 10.6 Å². The number of benzene rings is 1. The minimum absolute atomic E-state index is 0.000482. The first-order chi connectivity index (χ1) is 14.4. The van der Waals surface area contributed by atoms with Gasteiger partial charge >= 0.3 is 5.97 Å². The van der Waals surface area contributed by atoms with Crippen molar-refractivity contribution in [2.24, 2.45) is 14.1 Å². The fourth-order valence-corrected chi connectivity index (χ4v) is 3.93. The molecule has 0 fully saturated rings. The lowest BCUT2D eigenvalue weighted by Gasteiger charge is -2.24. The molecule has 1 aliphatic rings. The van der Waals surface area contributed by atoms with Crippen LogP contribution >= 0.6 is 11.6 Å². The van der Waals surface area contributed by atoms with Gasteiger partial charge in [0, 0.05) is 42.5 Å². The maximum atomic E-state index is 12.4. The van der Waals surface area contributed by atoms with Gasteiger partial charge in [-0.05, 0) is 30.2 Å². The normalized spacial score (nSPS) is 17.7. The van der Waals surface area contributed by atoms with Gasteiger partial charge in [0.1, 0.15) is 6.10 Å². The Labute approximate surface area is 178 Å². The minimum atomic E-state index is -0.652. The summed E-state index contributed by atoms with van der Waals surface area (Å²) < 4.78 is 14.9. The van der Waals surface area contributed by atoms with E-state index in [2.05, 4.69) is 5.10 Å². The molecule has 1 aliphatic heterocycles. The molecule has 0 bridgehead atoms. The summed E-state index contributed by atoms with van der Waals surface area (Å²) in [6, 6.07) is 8.90. The van der Waals surface area contributed by atoms with Crippen molar-refractivity contribution < 1.29 is 14.3 Å². The van der Waals surface area contributed by atoms with Crippen molar-refractivity contribution >= 4 is 17.6 Å². The molecule has 3 aromatic rings. The number of hydrogen-bond acceptors (Lipinski definition) is 5. The second-order valence-electron chi connectivity index (χ2n) is 7.22. The molecule has 0 spiro atoms. The predicted octanol–water partition coefficient (Wildman–Crippen LogP) is 3.55. The molecule has 8 heteroatoms. The number of fused-ring (bicyclic) bond motifs is 3. The van der Waals surface area contributed by atoms with Crippen molar-refractivity contribution in [1.82, 2.24) is 14.3 Å². The van der Waals surface area contributed by atoms with Crippen molar-refractivity contribution in [3.8, 4) is 11.1 Å². The van der Waals surface area contributed by atoms with E-state index in [9.17, 15) is 9.59 Å². The molecule has 2 atom stereocenters. The highest BCUT2D eigenvalue weighted by Crippen LogP contribution is 2.44. The van der Waals surface area contributed by atoms with Crippen molar-refractivity contribution in [2.75, 3.05) is 6.61 Å². The number of aromatic nitrogens is 3. The van der Waals surface area contributed by atoms with E-state index < -0.39 is 12.2 Å². The Bertz CT molecular complexity index is 1150. The molecule has 0 aliphatic carbocycles. The molecular formula is C22H22ClN3O4. The van der Waals surface area contributed by atoms with E-state index in [1.165, 1.54) is 10.6 Å². The first-order valence-corrected chi connectivity index (χ1v) is 10.1. The summed E-state index contributed by atoms with van der Waals surface area (Å²) in [6.45, 7) is 2.04. The number of carbonyl (C=O) groups excluding carboxylic acids is 1. The lowest BCUT2D eigenvalue weighted by atomic mass is 9.96. The molecule has 7 nitrogen and oxygen atoms in total. The third-order valence-electron chi connectivity index (χ3n) is 5.26. The van der Waals surface area contributed by atoms with E-state index in [-0.39, 0.29) is 24.6 Å². The average molecular weight is 428 g/mol. The molecular weight excluding hydrogens is 406 g/mol. The van der Waals surface area contributed by atoms with Crippen LogP contribution in [0.2, 0.25) is 5.02 Å². The Morgan fingerprint density at radius 2 is 1.97 bits per heavy atom. The van der Waals surface area contributed by atoms with Crippen LogP contribution in [0.4, 0.5) is 0 Å². The van der Waals surface area contributed by atoms with Gasteiger partial charge < -0.3 is 14.0 Å². The molecule has 0 radical (unpaired) electrons. The van der Waals surface area contributed by atoms with Crippen LogP contribution in [0.1, 0.15) is 42.4 Å². The summed E-state index contributed by atoms with van der Waals surface area (Å²) in [7, 11) is 3.54. The van der Waals surface area contributed by atoms with Gasteiger partial charge in [0.25, 0.3) is 5.56 Å². The van der Waals surface area contributed by atoms with Gasteiger partial charge in [-0.3, -0.25) is 14.3 Å². The monoisotopic (exact) mass is 427 g/mol. The number of esters is 1. The van der Waals surface area contributed by atoms with Crippen molar-refractivity contribution in [2.45, 2.75) is 25.6 Å². The van der Waals surface area contributed by atoms with Gasteiger partial charge in [-0.1, -0.05) is 23.7 Å². The Morgan fingerprint density at radius 3 is 2.67 bits per heavy atom. The lowest BCUT2D eigenvalue weighted by Crippen LogP contribution is -2.20.